The molecule has 0 saturated carbocycles. The molecule has 0 aliphatic rings. The minimum Gasteiger partial charge on any atom is -0.496 e. The van der Waals surface area contributed by atoms with Crippen LogP contribution in [0.15, 0.2) is 53.7 Å². The fourth-order valence-electron chi connectivity index (χ4n) is 1.57. The van der Waals surface area contributed by atoms with Crippen LogP contribution in [0.1, 0.15) is 11.1 Å². The van der Waals surface area contributed by atoms with Crippen LogP contribution in [-0.2, 0) is 11.4 Å². The molecule has 0 bridgehead atoms. The molecule has 4 heteroatoms. The number of para-hydroxylation sites is 1. The summed E-state index contributed by atoms with van der Waals surface area (Å²) >= 11 is 0. The van der Waals surface area contributed by atoms with Gasteiger partial charge in [-0.3, -0.25) is 0 Å². The summed E-state index contributed by atoms with van der Waals surface area (Å²) in [5.74, 6) is 0.411. The van der Waals surface area contributed by atoms with Gasteiger partial charge in [0.25, 0.3) is 0 Å². The summed E-state index contributed by atoms with van der Waals surface area (Å²) in [5, 5.41) is 3.68. The van der Waals surface area contributed by atoms with Crippen molar-refractivity contribution in [2.45, 2.75) is 6.61 Å². The minimum atomic E-state index is -0.329. The van der Waals surface area contributed by atoms with Crippen molar-refractivity contribution in [1.82, 2.24) is 0 Å². The van der Waals surface area contributed by atoms with Gasteiger partial charge in [-0.05, 0) is 18.2 Å². The second kappa shape index (κ2) is 6.54. The normalized spacial score (nSPS) is 10.6. The molecular weight excluding hydrogens is 245 g/mol. The van der Waals surface area contributed by atoms with Crippen molar-refractivity contribution in [2.24, 2.45) is 5.16 Å². The lowest BCUT2D eigenvalue weighted by Crippen LogP contribution is -1.93. The topological polar surface area (TPSA) is 30.8 Å². The summed E-state index contributed by atoms with van der Waals surface area (Å²) in [5.41, 5.74) is 1.41. The maximum absolute atomic E-state index is 12.9. The highest BCUT2D eigenvalue weighted by molar-refractivity contribution is 5.78. The second-order valence-corrected chi connectivity index (χ2v) is 3.80. The first kappa shape index (κ1) is 13.1. The number of halogens is 1. The molecule has 97 valence electrons. The summed E-state index contributed by atoms with van der Waals surface area (Å²) in [4.78, 5) is 5.12. The third kappa shape index (κ3) is 3.81. The van der Waals surface area contributed by atoms with Gasteiger partial charge in [-0.2, -0.15) is 0 Å². The number of hydrogen-bond donors (Lipinski definition) is 0. The van der Waals surface area contributed by atoms with Crippen LogP contribution in [0.2, 0.25) is 0 Å². The van der Waals surface area contributed by atoms with Gasteiger partial charge >= 0.3 is 0 Å². The molecule has 0 aliphatic carbocycles. The molecule has 0 aliphatic heterocycles. The number of rotatable bonds is 5. The molecule has 0 atom stereocenters. The average molecular weight is 258 g/mol. The Kier molecular flexibility index (Phi) is 4.50. The number of methoxy groups -OCH3 is 1. The average Bonchev–Trinajstić information content (AvgIpc) is 2.44. The molecule has 1 radical (unpaired) electrons. The standard InChI is InChI=1S/C15H13FNO2/c1-18-15-8-3-2-6-13(15)11-19-17-10-12-5-4-7-14(16)9-12/h2-9H,11H2,1H3. The highest BCUT2D eigenvalue weighted by atomic mass is 19.1. The van der Waals surface area contributed by atoms with Gasteiger partial charge in [0.2, 0.25) is 0 Å². The molecule has 2 aromatic carbocycles. The van der Waals surface area contributed by atoms with Gasteiger partial charge in [-0.15, -0.1) is 0 Å². The Balaban J connectivity index is 1.93. The van der Waals surface area contributed by atoms with E-state index in [4.69, 9.17) is 9.57 Å². The first-order chi connectivity index (χ1) is 9.29. The van der Waals surface area contributed by atoms with Crippen molar-refractivity contribution < 1.29 is 14.0 Å². The van der Waals surface area contributed by atoms with E-state index >= 15 is 0 Å². The number of benzene rings is 2. The monoisotopic (exact) mass is 258 g/mol. The zero-order valence-corrected chi connectivity index (χ0v) is 10.5. The summed E-state index contributed by atoms with van der Waals surface area (Å²) in [7, 11) is 1.60. The van der Waals surface area contributed by atoms with E-state index in [0.717, 1.165) is 11.3 Å². The molecule has 0 heterocycles. The van der Waals surface area contributed by atoms with E-state index < -0.39 is 0 Å². The highest BCUT2D eigenvalue weighted by Crippen LogP contribution is 2.17. The number of ether oxygens (including phenoxy) is 1. The molecule has 0 spiro atoms. The predicted octanol–water partition coefficient (Wildman–Crippen LogP) is 3.26. The molecule has 0 unspecified atom stereocenters. The fraction of sp³-hybridized carbons (Fsp3) is 0.133. The van der Waals surface area contributed by atoms with Crippen LogP contribution in [0, 0.1) is 5.82 Å². The Morgan fingerprint density at radius 3 is 2.79 bits per heavy atom. The molecule has 2 aromatic rings. The maximum atomic E-state index is 12.9. The Bertz CT molecular complexity index is 570. The molecule has 19 heavy (non-hydrogen) atoms. The number of hydrogen-bond acceptors (Lipinski definition) is 3. The molecule has 0 amide bonds. The van der Waals surface area contributed by atoms with E-state index in [9.17, 15) is 4.39 Å². The van der Waals surface area contributed by atoms with Crippen LogP contribution in [-0.4, -0.2) is 13.3 Å². The summed E-state index contributed by atoms with van der Waals surface area (Å²) < 4.78 is 18.1. The van der Waals surface area contributed by atoms with Gasteiger partial charge in [-0.1, -0.05) is 35.5 Å². The molecule has 3 nitrogen and oxygen atoms in total. The van der Waals surface area contributed by atoms with Crippen molar-refractivity contribution in [3.63, 3.8) is 0 Å². The molecule has 0 fully saturated rings. The van der Waals surface area contributed by atoms with Crippen LogP contribution in [0.25, 0.3) is 0 Å². The molecule has 0 saturated heterocycles. The Labute approximate surface area is 111 Å². The van der Waals surface area contributed by atoms with Crippen LogP contribution in [0.3, 0.4) is 0 Å². The van der Waals surface area contributed by atoms with Crippen molar-refractivity contribution >= 4 is 6.21 Å². The van der Waals surface area contributed by atoms with Crippen LogP contribution >= 0.6 is 0 Å². The lowest BCUT2D eigenvalue weighted by Gasteiger charge is -2.06. The Hall–Kier alpha value is -2.36. The van der Waals surface area contributed by atoms with Crippen molar-refractivity contribution in [3.8, 4) is 5.75 Å². The predicted molar refractivity (Wildman–Crippen MR) is 70.7 cm³/mol. The van der Waals surface area contributed by atoms with E-state index in [-0.39, 0.29) is 12.4 Å². The molecule has 0 aromatic heterocycles. The third-order valence-corrected chi connectivity index (χ3v) is 2.48. The van der Waals surface area contributed by atoms with E-state index in [1.807, 2.05) is 24.3 Å². The Morgan fingerprint density at radius 1 is 1.16 bits per heavy atom. The number of nitrogens with zero attached hydrogens (tertiary/aromatic N) is 1. The maximum Gasteiger partial charge on any atom is 0.145 e. The smallest absolute Gasteiger partial charge is 0.145 e. The van der Waals surface area contributed by atoms with Crippen molar-refractivity contribution in [2.75, 3.05) is 7.11 Å². The molecule has 2 rings (SSSR count). The van der Waals surface area contributed by atoms with Gasteiger partial charge in [0.05, 0.1) is 7.11 Å². The third-order valence-electron chi connectivity index (χ3n) is 2.48. The molecule has 0 N–H and O–H groups in total. The van der Waals surface area contributed by atoms with Gasteiger partial charge < -0.3 is 9.57 Å². The van der Waals surface area contributed by atoms with Gasteiger partial charge in [0.1, 0.15) is 24.4 Å². The molecular formula is C15H13FNO2. The second-order valence-electron chi connectivity index (χ2n) is 3.80. The fourth-order valence-corrected chi connectivity index (χ4v) is 1.57. The lowest BCUT2D eigenvalue weighted by molar-refractivity contribution is 0.130. The van der Waals surface area contributed by atoms with E-state index in [2.05, 4.69) is 11.4 Å². The van der Waals surface area contributed by atoms with Crippen LogP contribution in [0.4, 0.5) is 4.39 Å². The van der Waals surface area contributed by atoms with E-state index in [0.29, 0.717) is 5.56 Å². The summed E-state index contributed by atoms with van der Waals surface area (Å²) in [6.45, 7) is 0.270. The van der Waals surface area contributed by atoms with E-state index in [1.54, 1.807) is 19.2 Å². The zero-order valence-electron chi connectivity index (χ0n) is 10.5. The Morgan fingerprint density at radius 2 is 2.00 bits per heavy atom. The van der Waals surface area contributed by atoms with Gasteiger partial charge in [0.15, 0.2) is 0 Å². The van der Waals surface area contributed by atoms with Gasteiger partial charge in [0, 0.05) is 11.1 Å². The van der Waals surface area contributed by atoms with Crippen LogP contribution in [0.5, 0.6) is 5.75 Å². The van der Waals surface area contributed by atoms with Crippen LogP contribution < -0.4 is 4.74 Å². The van der Waals surface area contributed by atoms with E-state index in [1.165, 1.54) is 12.1 Å². The van der Waals surface area contributed by atoms with Gasteiger partial charge in [-0.25, -0.2) is 4.39 Å². The van der Waals surface area contributed by atoms with Crippen molar-refractivity contribution in [1.29, 1.82) is 0 Å². The quantitative estimate of drug-likeness (QED) is 0.608. The SMILES string of the molecule is COc1ccccc1CO/N=[C]\c1cccc(F)c1. The highest BCUT2D eigenvalue weighted by Gasteiger charge is 2.01. The first-order valence-electron chi connectivity index (χ1n) is 5.75. The van der Waals surface area contributed by atoms with Crippen molar-refractivity contribution in [3.05, 3.63) is 65.5 Å². The zero-order chi connectivity index (χ0) is 13.5. The minimum absolute atomic E-state index is 0.270. The summed E-state index contributed by atoms with van der Waals surface area (Å²) in [6.07, 6.45) is 2.62. The largest absolute Gasteiger partial charge is 0.496 e. The lowest BCUT2D eigenvalue weighted by atomic mass is 10.2. The summed E-state index contributed by atoms with van der Waals surface area (Å²) in [6, 6.07) is 13.5. The first-order valence-corrected chi connectivity index (χ1v) is 5.75.